The molecular formula is C24H21N3O3S. The van der Waals surface area contributed by atoms with Gasteiger partial charge >= 0.3 is 5.97 Å². The van der Waals surface area contributed by atoms with E-state index >= 15 is 0 Å². The molecule has 3 heterocycles. The minimum absolute atomic E-state index is 0.0117. The number of esters is 1. The van der Waals surface area contributed by atoms with Crippen molar-refractivity contribution in [3.05, 3.63) is 76.9 Å². The summed E-state index contributed by atoms with van der Waals surface area (Å²) in [5, 5.41) is 1.99. The van der Waals surface area contributed by atoms with Crippen molar-refractivity contribution in [1.82, 2.24) is 9.38 Å². The summed E-state index contributed by atoms with van der Waals surface area (Å²) in [6, 6.07) is 15.5. The van der Waals surface area contributed by atoms with Crippen LogP contribution in [0.5, 0.6) is 0 Å². The van der Waals surface area contributed by atoms with Gasteiger partial charge in [-0.05, 0) is 30.5 Å². The number of anilines is 1. The molecule has 0 aliphatic carbocycles. The van der Waals surface area contributed by atoms with E-state index in [0.29, 0.717) is 12.1 Å². The van der Waals surface area contributed by atoms with Crippen LogP contribution in [0.15, 0.2) is 60.1 Å². The average molecular weight is 432 g/mol. The topological polar surface area (TPSA) is 63.9 Å². The zero-order chi connectivity index (χ0) is 21.4. The van der Waals surface area contributed by atoms with Gasteiger partial charge in [0, 0.05) is 35.1 Å². The SMILES string of the molecule is COC(=O)c1cccc2c1CCCN2C(=O)Cc1csc2nc(-c3ccccc3)cn12. The average Bonchev–Trinajstić information content (AvgIpc) is 3.40. The second-order valence-electron chi connectivity index (χ2n) is 7.49. The first-order chi connectivity index (χ1) is 15.2. The number of fused-ring (bicyclic) bond motifs is 2. The summed E-state index contributed by atoms with van der Waals surface area (Å²) in [4.78, 5) is 32.8. The minimum atomic E-state index is -0.363. The molecule has 0 N–H and O–H groups in total. The highest BCUT2D eigenvalue weighted by atomic mass is 32.1. The predicted molar refractivity (Wildman–Crippen MR) is 121 cm³/mol. The van der Waals surface area contributed by atoms with Crippen molar-refractivity contribution in [3.63, 3.8) is 0 Å². The number of nitrogens with zero attached hydrogens (tertiary/aromatic N) is 3. The molecule has 0 fully saturated rings. The summed E-state index contributed by atoms with van der Waals surface area (Å²) in [5.41, 5.74) is 5.09. The molecule has 31 heavy (non-hydrogen) atoms. The molecule has 0 spiro atoms. The van der Waals surface area contributed by atoms with E-state index in [4.69, 9.17) is 9.72 Å². The van der Waals surface area contributed by atoms with Crippen molar-refractivity contribution in [2.75, 3.05) is 18.6 Å². The lowest BCUT2D eigenvalue weighted by molar-refractivity contribution is -0.118. The van der Waals surface area contributed by atoms with Crippen LogP contribution in [-0.2, 0) is 22.4 Å². The highest BCUT2D eigenvalue weighted by molar-refractivity contribution is 7.15. The molecule has 1 aliphatic rings. The van der Waals surface area contributed by atoms with Crippen LogP contribution in [0.2, 0.25) is 0 Å². The van der Waals surface area contributed by atoms with E-state index in [9.17, 15) is 9.59 Å². The van der Waals surface area contributed by atoms with Crippen molar-refractivity contribution in [2.24, 2.45) is 0 Å². The molecule has 2 aromatic carbocycles. The van der Waals surface area contributed by atoms with Gasteiger partial charge in [0.25, 0.3) is 0 Å². The number of ether oxygens (including phenoxy) is 1. The Morgan fingerprint density at radius 1 is 1.13 bits per heavy atom. The molecule has 156 valence electrons. The number of imidazole rings is 1. The van der Waals surface area contributed by atoms with Crippen LogP contribution >= 0.6 is 11.3 Å². The first kappa shape index (κ1) is 19.5. The number of carbonyl (C=O) groups is 2. The number of carbonyl (C=O) groups excluding carboxylic acids is 2. The van der Waals surface area contributed by atoms with Crippen LogP contribution in [0, 0.1) is 0 Å². The highest BCUT2D eigenvalue weighted by Gasteiger charge is 2.27. The molecule has 0 radical (unpaired) electrons. The maximum absolute atomic E-state index is 13.3. The third kappa shape index (κ3) is 3.51. The van der Waals surface area contributed by atoms with Gasteiger partial charge in [-0.2, -0.15) is 0 Å². The van der Waals surface area contributed by atoms with Crippen LogP contribution in [0.4, 0.5) is 5.69 Å². The van der Waals surface area contributed by atoms with Crippen molar-refractivity contribution in [3.8, 4) is 11.3 Å². The van der Waals surface area contributed by atoms with Crippen molar-refractivity contribution >= 4 is 33.9 Å². The Kier molecular flexibility index (Phi) is 5.03. The Labute approximate surface area is 183 Å². The number of hydrogen-bond donors (Lipinski definition) is 0. The first-order valence-corrected chi connectivity index (χ1v) is 11.0. The van der Waals surface area contributed by atoms with Crippen LogP contribution in [0.3, 0.4) is 0 Å². The quantitative estimate of drug-likeness (QED) is 0.450. The van der Waals surface area contributed by atoms with E-state index in [1.54, 1.807) is 11.0 Å². The molecule has 0 saturated carbocycles. The third-order valence-electron chi connectivity index (χ3n) is 5.64. The number of thiazole rings is 1. The molecule has 1 amide bonds. The van der Waals surface area contributed by atoms with Gasteiger partial charge in [-0.25, -0.2) is 9.78 Å². The van der Waals surface area contributed by atoms with Gasteiger partial charge in [-0.1, -0.05) is 36.4 Å². The standard InChI is InChI=1S/C24H21N3O3S/c1-30-23(29)19-9-5-11-21-18(19)10-6-12-26(21)22(28)13-17-15-31-24-25-20(14-27(17)24)16-7-3-2-4-8-16/h2-5,7-9,11,14-15H,6,10,12-13H2,1H3. The van der Waals surface area contributed by atoms with Crippen molar-refractivity contribution < 1.29 is 14.3 Å². The molecule has 0 saturated heterocycles. The molecule has 6 nitrogen and oxygen atoms in total. The fourth-order valence-corrected chi connectivity index (χ4v) is 5.01. The molecule has 5 rings (SSSR count). The number of aromatic nitrogens is 2. The van der Waals surface area contributed by atoms with Gasteiger partial charge < -0.3 is 9.64 Å². The Morgan fingerprint density at radius 2 is 1.97 bits per heavy atom. The summed E-state index contributed by atoms with van der Waals surface area (Å²) in [6.07, 6.45) is 3.83. The lowest BCUT2D eigenvalue weighted by atomic mass is 9.96. The minimum Gasteiger partial charge on any atom is -0.465 e. The molecule has 7 heteroatoms. The van der Waals surface area contributed by atoms with Gasteiger partial charge in [0.05, 0.1) is 24.8 Å². The predicted octanol–water partition coefficient (Wildman–Crippen LogP) is 4.37. The van der Waals surface area contributed by atoms with Crippen LogP contribution in [0.1, 0.15) is 28.0 Å². The third-order valence-corrected chi connectivity index (χ3v) is 6.53. The fourth-order valence-electron chi connectivity index (χ4n) is 4.14. The zero-order valence-electron chi connectivity index (χ0n) is 17.1. The summed E-state index contributed by atoms with van der Waals surface area (Å²) in [5.74, 6) is -0.352. The van der Waals surface area contributed by atoms with Crippen molar-refractivity contribution in [1.29, 1.82) is 0 Å². The summed E-state index contributed by atoms with van der Waals surface area (Å²) < 4.78 is 6.92. The molecule has 2 aromatic heterocycles. The smallest absolute Gasteiger partial charge is 0.338 e. The number of benzene rings is 2. The van der Waals surface area contributed by atoms with E-state index in [1.165, 1.54) is 18.4 Å². The van der Waals surface area contributed by atoms with Gasteiger partial charge in [0.1, 0.15) is 0 Å². The number of rotatable bonds is 4. The number of amides is 1. The molecule has 1 aliphatic heterocycles. The molecule has 0 unspecified atom stereocenters. The Morgan fingerprint density at radius 3 is 2.77 bits per heavy atom. The maximum atomic E-state index is 13.3. The van der Waals surface area contributed by atoms with Crippen LogP contribution < -0.4 is 4.90 Å². The summed E-state index contributed by atoms with van der Waals surface area (Å²) in [7, 11) is 1.38. The fraction of sp³-hybridized carbons (Fsp3) is 0.208. The normalized spacial score (nSPS) is 13.3. The summed E-state index contributed by atoms with van der Waals surface area (Å²) >= 11 is 1.53. The van der Waals surface area contributed by atoms with Gasteiger partial charge in [-0.3, -0.25) is 9.20 Å². The lowest BCUT2D eigenvalue weighted by Gasteiger charge is -2.30. The first-order valence-electron chi connectivity index (χ1n) is 10.2. The van der Waals surface area contributed by atoms with E-state index in [-0.39, 0.29) is 18.3 Å². The van der Waals surface area contributed by atoms with E-state index in [1.807, 2.05) is 58.4 Å². The van der Waals surface area contributed by atoms with Crippen LogP contribution in [-0.4, -0.2) is 34.9 Å². The molecule has 0 bridgehead atoms. The van der Waals surface area contributed by atoms with Crippen molar-refractivity contribution in [2.45, 2.75) is 19.3 Å². The monoisotopic (exact) mass is 431 g/mol. The maximum Gasteiger partial charge on any atom is 0.338 e. The van der Waals surface area contributed by atoms with E-state index < -0.39 is 0 Å². The lowest BCUT2D eigenvalue weighted by Crippen LogP contribution is -2.37. The van der Waals surface area contributed by atoms with E-state index in [0.717, 1.165) is 46.0 Å². The highest BCUT2D eigenvalue weighted by Crippen LogP contribution is 2.31. The Bertz CT molecular complexity index is 1280. The number of methoxy groups -OCH3 is 1. The largest absolute Gasteiger partial charge is 0.465 e. The van der Waals surface area contributed by atoms with Crippen LogP contribution in [0.25, 0.3) is 16.2 Å². The Hall–Kier alpha value is -3.45. The molecular weight excluding hydrogens is 410 g/mol. The van der Waals surface area contributed by atoms with Gasteiger partial charge in [0.15, 0.2) is 4.96 Å². The Balaban J connectivity index is 1.44. The summed E-state index contributed by atoms with van der Waals surface area (Å²) in [6.45, 7) is 0.642. The second kappa shape index (κ2) is 8.00. The van der Waals surface area contributed by atoms with Gasteiger partial charge in [-0.15, -0.1) is 11.3 Å². The van der Waals surface area contributed by atoms with E-state index in [2.05, 4.69) is 0 Å². The molecule has 0 atom stereocenters. The number of hydrogen-bond acceptors (Lipinski definition) is 5. The van der Waals surface area contributed by atoms with Gasteiger partial charge in [0.2, 0.25) is 5.91 Å². The zero-order valence-corrected chi connectivity index (χ0v) is 17.9. The second-order valence-corrected chi connectivity index (χ2v) is 8.33. The molecule has 4 aromatic rings.